The maximum atomic E-state index is 11.1. The van der Waals surface area contributed by atoms with E-state index >= 15 is 0 Å². The van der Waals surface area contributed by atoms with Gasteiger partial charge in [-0.15, -0.1) is 0 Å². The second kappa shape index (κ2) is 5.42. The minimum atomic E-state index is -0.105. The average molecular weight is 272 g/mol. The number of aromatic nitrogens is 2. The predicted octanol–water partition coefficient (Wildman–Crippen LogP) is 0.729. The van der Waals surface area contributed by atoms with Crippen molar-refractivity contribution in [3.05, 3.63) is 47.1 Å². The van der Waals surface area contributed by atoms with Gasteiger partial charge < -0.3 is 9.84 Å². The van der Waals surface area contributed by atoms with Crippen molar-refractivity contribution >= 4 is 5.91 Å². The van der Waals surface area contributed by atoms with Gasteiger partial charge in [0.2, 0.25) is 11.8 Å². The van der Waals surface area contributed by atoms with Gasteiger partial charge in [-0.3, -0.25) is 10.1 Å². The molecule has 1 aromatic carbocycles. The van der Waals surface area contributed by atoms with E-state index in [2.05, 4.69) is 52.0 Å². The number of rotatable bonds is 3. The summed E-state index contributed by atoms with van der Waals surface area (Å²) in [5.41, 5.74) is 2.37. The number of hydrogen-bond acceptors (Lipinski definition) is 5. The smallest absolute Gasteiger partial charge is 0.245 e. The predicted molar refractivity (Wildman–Crippen MR) is 72.0 cm³/mol. The maximum absolute atomic E-state index is 11.1. The van der Waals surface area contributed by atoms with Crippen molar-refractivity contribution in [2.75, 3.05) is 13.1 Å². The number of carbonyl (C=O) groups excluding carboxylic acids is 1. The lowest BCUT2D eigenvalue weighted by Gasteiger charge is -2.20. The largest absolute Gasteiger partial charge is 0.353 e. The van der Waals surface area contributed by atoms with Crippen molar-refractivity contribution in [1.82, 2.24) is 20.8 Å². The first kappa shape index (κ1) is 12.8. The Kier molecular flexibility index (Phi) is 3.47. The van der Waals surface area contributed by atoms with Gasteiger partial charge in [0.05, 0.1) is 6.54 Å². The quantitative estimate of drug-likeness (QED) is 0.861. The molecule has 0 bridgehead atoms. The summed E-state index contributed by atoms with van der Waals surface area (Å²) in [6, 6.07) is 8.14. The number of benzene rings is 1. The van der Waals surface area contributed by atoms with Crippen LogP contribution in [0.4, 0.5) is 0 Å². The summed E-state index contributed by atoms with van der Waals surface area (Å²) in [5, 5.41) is 9.82. The zero-order chi connectivity index (χ0) is 13.9. The second-order valence-corrected chi connectivity index (χ2v) is 4.95. The summed E-state index contributed by atoms with van der Waals surface area (Å²) in [7, 11) is 0. The lowest BCUT2D eigenvalue weighted by Crippen LogP contribution is -2.47. The van der Waals surface area contributed by atoms with E-state index in [1.807, 2.05) is 0 Å². The number of aryl methyl sites for hydroxylation is 1. The minimum Gasteiger partial charge on any atom is -0.353 e. The monoisotopic (exact) mass is 272 g/mol. The molecular formula is C14H16N4O2. The Morgan fingerprint density at radius 3 is 2.85 bits per heavy atom. The molecule has 2 N–H and O–H groups in total. The summed E-state index contributed by atoms with van der Waals surface area (Å²) in [5.74, 6) is 1.16. The maximum Gasteiger partial charge on any atom is 0.245 e. The number of piperazine rings is 1. The van der Waals surface area contributed by atoms with Crippen molar-refractivity contribution < 1.29 is 9.32 Å². The molecule has 1 saturated heterocycles. The van der Waals surface area contributed by atoms with Gasteiger partial charge in [0.15, 0.2) is 5.82 Å². The fraction of sp³-hybridized carbons (Fsp3) is 0.357. The van der Waals surface area contributed by atoms with Crippen LogP contribution in [0, 0.1) is 6.92 Å². The summed E-state index contributed by atoms with van der Waals surface area (Å²) >= 11 is 0. The van der Waals surface area contributed by atoms with Crippen molar-refractivity contribution in [2.45, 2.75) is 19.4 Å². The van der Waals surface area contributed by atoms with Crippen LogP contribution in [-0.2, 0) is 11.2 Å². The highest BCUT2D eigenvalue weighted by Crippen LogP contribution is 2.14. The summed E-state index contributed by atoms with van der Waals surface area (Å²) in [6.07, 6.45) is 0.642. The molecule has 1 aliphatic rings. The molecule has 3 rings (SSSR count). The zero-order valence-electron chi connectivity index (χ0n) is 11.2. The van der Waals surface area contributed by atoms with Crippen molar-refractivity contribution in [3.63, 3.8) is 0 Å². The molecule has 0 aliphatic carbocycles. The highest BCUT2D eigenvalue weighted by Gasteiger charge is 2.23. The molecule has 20 heavy (non-hydrogen) atoms. The van der Waals surface area contributed by atoms with Crippen LogP contribution in [0.2, 0.25) is 0 Å². The molecule has 6 heteroatoms. The van der Waals surface area contributed by atoms with Gasteiger partial charge >= 0.3 is 0 Å². The molecule has 2 aromatic rings. The molecule has 2 heterocycles. The molecule has 0 radical (unpaired) electrons. The first-order valence-corrected chi connectivity index (χ1v) is 6.59. The Hall–Kier alpha value is -2.21. The van der Waals surface area contributed by atoms with E-state index in [9.17, 15) is 4.79 Å². The lowest BCUT2D eigenvalue weighted by atomic mass is 10.1. The lowest BCUT2D eigenvalue weighted by molar-refractivity contribution is -0.121. The van der Waals surface area contributed by atoms with E-state index in [1.165, 1.54) is 5.56 Å². The number of nitrogens with one attached hydrogen (secondary N) is 2. The molecular weight excluding hydrogens is 256 g/mol. The average Bonchev–Trinajstić information content (AvgIpc) is 2.91. The number of carbonyl (C=O) groups is 1. The normalized spacial score (nSPS) is 18.9. The third-order valence-electron chi connectivity index (χ3n) is 3.28. The van der Waals surface area contributed by atoms with E-state index < -0.39 is 0 Å². The molecule has 1 atom stereocenters. The van der Waals surface area contributed by atoms with Crippen LogP contribution in [-0.4, -0.2) is 29.1 Å². The van der Waals surface area contributed by atoms with E-state index in [1.54, 1.807) is 0 Å². The van der Waals surface area contributed by atoms with Crippen LogP contribution < -0.4 is 10.6 Å². The van der Waals surface area contributed by atoms with Crippen LogP contribution in [0.3, 0.4) is 0 Å². The highest BCUT2D eigenvalue weighted by molar-refractivity contribution is 5.78. The molecule has 0 saturated carbocycles. The summed E-state index contributed by atoms with van der Waals surface area (Å²) < 4.78 is 5.26. The van der Waals surface area contributed by atoms with Gasteiger partial charge in [0.25, 0.3) is 0 Å². The van der Waals surface area contributed by atoms with Gasteiger partial charge in [-0.1, -0.05) is 35.0 Å². The van der Waals surface area contributed by atoms with Crippen molar-refractivity contribution in [2.24, 2.45) is 0 Å². The third kappa shape index (κ3) is 2.85. The molecule has 1 unspecified atom stereocenters. The number of amides is 1. The Morgan fingerprint density at radius 1 is 1.35 bits per heavy atom. The molecule has 0 spiro atoms. The van der Waals surface area contributed by atoms with Crippen LogP contribution in [0.1, 0.15) is 28.9 Å². The van der Waals surface area contributed by atoms with Crippen LogP contribution >= 0.6 is 0 Å². The molecule has 1 aromatic heterocycles. The van der Waals surface area contributed by atoms with Crippen LogP contribution in [0.25, 0.3) is 0 Å². The molecule has 1 fully saturated rings. The Labute approximate surface area is 116 Å². The second-order valence-electron chi connectivity index (χ2n) is 4.95. The zero-order valence-corrected chi connectivity index (χ0v) is 11.2. The summed E-state index contributed by atoms with van der Waals surface area (Å²) in [6.45, 7) is 2.81. The molecule has 1 amide bonds. The van der Waals surface area contributed by atoms with Gasteiger partial charge in [-0.05, 0) is 12.5 Å². The minimum absolute atomic E-state index is 0.0133. The fourth-order valence-corrected chi connectivity index (χ4v) is 2.11. The van der Waals surface area contributed by atoms with E-state index in [-0.39, 0.29) is 18.5 Å². The Bertz CT molecular complexity index is 596. The van der Waals surface area contributed by atoms with E-state index in [0.717, 1.165) is 5.56 Å². The SMILES string of the molecule is Cc1ccc(Cc2noc(C3CNC(=O)CN3)n2)cc1. The fourth-order valence-electron chi connectivity index (χ4n) is 2.11. The van der Waals surface area contributed by atoms with Gasteiger partial charge in [-0.25, -0.2) is 0 Å². The number of nitrogens with zero attached hydrogens (tertiary/aromatic N) is 2. The standard InChI is InChI=1S/C14H16N4O2/c1-9-2-4-10(5-3-9)6-12-17-14(20-18-12)11-7-16-13(19)8-15-11/h2-5,11,15H,6-8H2,1H3,(H,16,19). The third-order valence-corrected chi connectivity index (χ3v) is 3.28. The Balaban J connectivity index is 1.67. The first-order valence-electron chi connectivity index (χ1n) is 6.59. The topological polar surface area (TPSA) is 80.0 Å². The number of hydrogen-bond donors (Lipinski definition) is 2. The highest BCUT2D eigenvalue weighted by atomic mass is 16.5. The van der Waals surface area contributed by atoms with Crippen molar-refractivity contribution in [1.29, 1.82) is 0 Å². The van der Waals surface area contributed by atoms with E-state index in [0.29, 0.717) is 24.7 Å². The van der Waals surface area contributed by atoms with Gasteiger partial charge in [0, 0.05) is 13.0 Å². The first-order chi connectivity index (χ1) is 9.70. The van der Waals surface area contributed by atoms with E-state index in [4.69, 9.17) is 4.52 Å². The molecule has 6 nitrogen and oxygen atoms in total. The molecule has 1 aliphatic heterocycles. The summed E-state index contributed by atoms with van der Waals surface area (Å²) in [4.78, 5) is 15.5. The Morgan fingerprint density at radius 2 is 2.15 bits per heavy atom. The van der Waals surface area contributed by atoms with Gasteiger partial charge in [-0.2, -0.15) is 4.98 Å². The van der Waals surface area contributed by atoms with Crippen LogP contribution in [0.5, 0.6) is 0 Å². The van der Waals surface area contributed by atoms with Gasteiger partial charge in [0.1, 0.15) is 6.04 Å². The molecule has 104 valence electrons. The van der Waals surface area contributed by atoms with Crippen molar-refractivity contribution in [3.8, 4) is 0 Å². The van der Waals surface area contributed by atoms with Crippen LogP contribution in [0.15, 0.2) is 28.8 Å².